The quantitative estimate of drug-likeness (QED) is 0.925. The van der Waals surface area contributed by atoms with Gasteiger partial charge in [0, 0.05) is 23.7 Å². The van der Waals surface area contributed by atoms with Crippen molar-refractivity contribution >= 4 is 11.6 Å². The van der Waals surface area contributed by atoms with E-state index in [9.17, 15) is 0 Å². The number of nitrogens with zero attached hydrogens (tertiary/aromatic N) is 1. The number of halogens is 1. The summed E-state index contributed by atoms with van der Waals surface area (Å²) in [6, 6.07) is 10.4. The first kappa shape index (κ1) is 12.6. The molecule has 1 N–H and O–H groups in total. The number of rotatable bonds is 3. The van der Waals surface area contributed by atoms with E-state index in [0.717, 1.165) is 24.4 Å². The van der Waals surface area contributed by atoms with Gasteiger partial charge in [-0.2, -0.15) is 0 Å². The van der Waals surface area contributed by atoms with Crippen molar-refractivity contribution < 1.29 is 0 Å². The number of hydrogen-bond donors (Lipinski definition) is 1. The Morgan fingerprint density at radius 2 is 2.26 bits per heavy atom. The minimum atomic E-state index is 0.414. The summed E-state index contributed by atoms with van der Waals surface area (Å²) in [6.07, 6.45) is 4.16. The zero-order valence-electron chi connectivity index (χ0n) is 11.0. The van der Waals surface area contributed by atoms with E-state index in [4.69, 9.17) is 11.6 Å². The van der Waals surface area contributed by atoms with Crippen LogP contribution in [0.1, 0.15) is 34.7 Å². The highest BCUT2D eigenvalue weighted by molar-refractivity contribution is 6.30. The number of fused-ring (bicyclic) bond motifs is 1. The molecule has 0 aliphatic heterocycles. The minimum absolute atomic E-state index is 0.414. The highest BCUT2D eigenvalue weighted by Gasteiger charge is 2.26. The molecule has 0 amide bonds. The van der Waals surface area contributed by atoms with E-state index in [-0.39, 0.29) is 0 Å². The summed E-state index contributed by atoms with van der Waals surface area (Å²) in [5, 5.41) is 4.02. The molecule has 1 aromatic heterocycles. The molecule has 1 unspecified atom stereocenters. The van der Waals surface area contributed by atoms with Gasteiger partial charge >= 0.3 is 0 Å². The fourth-order valence-electron chi connectivity index (χ4n) is 2.97. The van der Waals surface area contributed by atoms with Gasteiger partial charge in [-0.15, -0.1) is 0 Å². The van der Waals surface area contributed by atoms with Gasteiger partial charge in [-0.25, -0.2) is 0 Å². The smallest absolute Gasteiger partial charge is 0.0510 e. The van der Waals surface area contributed by atoms with E-state index < -0.39 is 0 Å². The van der Waals surface area contributed by atoms with Crippen LogP contribution in [0.3, 0.4) is 0 Å². The molecule has 98 valence electrons. The van der Waals surface area contributed by atoms with Gasteiger partial charge in [-0.3, -0.25) is 4.98 Å². The molecule has 1 aliphatic carbocycles. The third-order valence-electron chi connectivity index (χ3n) is 3.81. The largest absolute Gasteiger partial charge is 0.316 e. The number of pyridine rings is 1. The summed E-state index contributed by atoms with van der Waals surface area (Å²) in [5.41, 5.74) is 5.26. The molecule has 0 spiro atoms. The SMILES string of the molecule is CNCc1cc(Cl)ccc1C1CCc2cccnc21. The fraction of sp³-hybridized carbons (Fsp3) is 0.312. The number of benzene rings is 1. The van der Waals surface area contributed by atoms with Gasteiger partial charge in [0.1, 0.15) is 0 Å². The Morgan fingerprint density at radius 3 is 3.11 bits per heavy atom. The minimum Gasteiger partial charge on any atom is -0.316 e. The molecular formula is C16H17ClN2. The topological polar surface area (TPSA) is 24.9 Å². The number of aromatic nitrogens is 1. The fourth-order valence-corrected chi connectivity index (χ4v) is 3.17. The van der Waals surface area contributed by atoms with E-state index in [1.807, 2.05) is 25.4 Å². The maximum Gasteiger partial charge on any atom is 0.0510 e. The standard InChI is InChI=1S/C16H17ClN2/c1-18-10-12-9-13(17)5-7-14(12)15-6-4-11-3-2-8-19-16(11)15/h2-3,5,7-9,15,18H,4,6,10H2,1H3. The second-order valence-corrected chi connectivity index (χ2v) is 5.45. The lowest BCUT2D eigenvalue weighted by Crippen LogP contribution is -2.10. The Morgan fingerprint density at radius 1 is 1.37 bits per heavy atom. The van der Waals surface area contributed by atoms with Crippen LogP contribution in [-0.2, 0) is 13.0 Å². The molecule has 3 heteroatoms. The first-order chi connectivity index (χ1) is 9.29. The Hall–Kier alpha value is -1.38. The van der Waals surface area contributed by atoms with E-state index in [0.29, 0.717) is 5.92 Å². The third-order valence-corrected chi connectivity index (χ3v) is 4.04. The Kier molecular flexibility index (Phi) is 3.54. The number of nitrogens with one attached hydrogen (secondary N) is 1. The van der Waals surface area contributed by atoms with Crippen LogP contribution in [0.25, 0.3) is 0 Å². The summed E-state index contributed by atoms with van der Waals surface area (Å²) in [5.74, 6) is 0.414. The second kappa shape index (κ2) is 5.32. The van der Waals surface area contributed by atoms with Gasteiger partial charge in [0.05, 0.1) is 5.69 Å². The normalized spacial score (nSPS) is 17.5. The first-order valence-corrected chi connectivity index (χ1v) is 7.04. The van der Waals surface area contributed by atoms with Crippen molar-refractivity contribution in [2.24, 2.45) is 0 Å². The van der Waals surface area contributed by atoms with Crippen molar-refractivity contribution in [3.05, 3.63) is 63.9 Å². The predicted octanol–water partition coefficient (Wildman–Crippen LogP) is 3.53. The van der Waals surface area contributed by atoms with Gasteiger partial charge in [-0.1, -0.05) is 23.7 Å². The van der Waals surface area contributed by atoms with Crippen molar-refractivity contribution in [3.63, 3.8) is 0 Å². The van der Waals surface area contributed by atoms with Gasteiger partial charge in [0.2, 0.25) is 0 Å². The highest BCUT2D eigenvalue weighted by Crippen LogP contribution is 2.38. The lowest BCUT2D eigenvalue weighted by Gasteiger charge is -2.16. The van der Waals surface area contributed by atoms with E-state index in [2.05, 4.69) is 28.5 Å². The summed E-state index contributed by atoms with van der Waals surface area (Å²) in [6.45, 7) is 0.842. The zero-order valence-corrected chi connectivity index (χ0v) is 11.7. The third kappa shape index (κ3) is 2.38. The summed E-state index contributed by atoms with van der Waals surface area (Å²) < 4.78 is 0. The van der Waals surface area contributed by atoms with Crippen molar-refractivity contribution in [3.8, 4) is 0 Å². The van der Waals surface area contributed by atoms with Crippen LogP contribution in [0, 0.1) is 0 Å². The average Bonchev–Trinajstić information content (AvgIpc) is 2.83. The van der Waals surface area contributed by atoms with Gasteiger partial charge < -0.3 is 5.32 Å². The maximum absolute atomic E-state index is 6.12. The Balaban J connectivity index is 2.04. The summed E-state index contributed by atoms with van der Waals surface area (Å²) in [7, 11) is 1.96. The van der Waals surface area contributed by atoms with E-state index in [1.54, 1.807) is 0 Å². The molecule has 2 nitrogen and oxygen atoms in total. The molecule has 0 saturated heterocycles. The maximum atomic E-state index is 6.12. The number of hydrogen-bond acceptors (Lipinski definition) is 2. The predicted molar refractivity (Wildman–Crippen MR) is 78.6 cm³/mol. The molecule has 1 aliphatic rings. The molecule has 0 bridgehead atoms. The van der Waals surface area contributed by atoms with Crippen LogP contribution in [0.15, 0.2) is 36.5 Å². The monoisotopic (exact) mass is 272 g/mol. The summed E-state index contributed by atoms with van der Waals surface area (Å²) in [4.78, 5) is 4.59. The van der Waals surface area contributed by atoms with Crippen LogP contribution < -0.4 is 5.32 Å². The zero-order chi connectivity index (χ0) is 13.2. The molecule has 1 aromatic carbocycles. The van der Waals surface area contributed by atoms with Gasteiger partial charge in [0.25, 0.3) is 0 Å². The van der Waals surface area contributed by atoms with Crippen LogP contribution in [0.4, 0.5) is 0 Å². The Labute approximate surface area is 118 Å². The summed E-state index contributed by atoms with van der Waals surface area (Å²) >= 11 is 6.12. The van der Waals surface area contributed by atoms with E-state index in [1.165, 1.54) is 22.4 Å². The van der Waals surface area contributed by atoms with Crippen molar-refractivity contribution in [1.82, 2.24) is 10.3 Å². The molecule has 1 heterocycles. The molecule has 0 fully saturated rings. The Bertz CT molecular complexity index is 595. The van der Waals surface area contributed by atoms with Crippen molar-refractivity contribution in [2.45, 2.75) is 25.3 Å². The molecule has 19 heavy (non-hydrogen) atoms. The van der Waals surface area contributed by atoms with Crippen LogP contribution in [0.5, 0.6) is 0 Å². The van der Waals surface area contributed by atoms with Crippen LogP contribution >= 0.6 is 11.6 Å². The first-order valence-electron chi connectivity index (χ1n) is 6.66. The molecule has 0 radical (unpaired) electrons. The molecule has 0 saturated carbocycles. The van der Waals surface area contributed by atoms with Gasteiger partial charge in [-0.05, 0) is 54.8 Å². The van der Waals surface area contributed by atoms with Crippen molar-refractivity contribution in [1.29, 1.82) is 0 Å². The van der Waals surface area contributed by atoms with Gasteiger partial charge in [0.15, 0.2) is 0 Å². The highest BCUT2D eigenvalue weighted by atomic mass is 35.5. The molecule has 1 atom stereocenters. The molecular weight excluding hydrogens is 256 g/mol. The van der Waals surface area contributed by atoms with Crippen LogP contribution in [-0.4, -0.2) is 12.0 Å². The van der Waals surface area contributed by atoms with Crippen molar-refractivity contribution in [2.75, 3.05) is 7.05 Å². The van der Waals surface area contributed by atoms with Crippen LogP contribution in [0.2, 0.25) is 5.02 Å². The second-order valence-electron chi connectivity index (χ2n) is 5.01. The molecule has 2 aromatic rings. The number of aryl methyl sites for hydroxylation is 1. The lowest BCUT2D eigenvalue weighted by atomic mass is 9.92. The molecule has 3 rings (SSSR count). The van der Waals surface area contributed by atoms with E-state index >= 15 is 0 Å². The average molecular weight is 273 g/mol. The lowest BCUT2D eigenvalue weighted by molar-refractivity contribution is 0.738.